The molecule has 10 heteroatoms. The zero-order valence-electron chi connectivity index (χ0n) is 19.8. The van der Waals surface area contributed by atoms with E-state index >= 15 is 0 Å². The Kier molecular flexibility index (Phi) is 7.89. The summed E-state index contributed by atoms with van der Waals surface area (Å²) in [5.74, 6) is -0.335. The molecule has 0 radical (unpaired) electrons. The van der Waals surface area contributed by atoms with Crippen molar-refractivity contribution in [1.82, 2.24) is 25.8 Å². The number of aryl methyl sites for hydroxylation is 1. The monoisotopic (exact) mass is 488 g/mol. The van der Waals surface area contributed by atoms with Gasteiger partial charge >= 0.3 is 0 Å². The van der Waals surface area contributed by atoms with Gasteiger partial charge in [0.25, 0.3) is 11.7 Å². The number of benzene rings is 1. The fraction of sp³-hybridized carbons (Fsp3) is 0.417. The van der Waals surface area contributed by atoms with Gasteiger partial charge in [-0.1, -0.05) is 44.1 Å². The van der Waals surface area contributed by atoms with Crippen molar-refractivity contribution in [1.29, 1.82) is 0 Å². The molecule has 34 heavy (non-hydrogen) atoms. The van der Waals surface area contributed by atoms with Crippen LogP contribution in [-0.4, -0.2) is 47.2 Å². The summed E-state index contributed by atoms with van der Waals surface area (Å²) in [6.07, 6.45) is 2.98. The molecule has 2 N–H and O–H groups in total. The molecular formula is C24H30ClFN6O2. The Bertz CT molecular complexity index is 1150. The average Bonchev–Trinajstić information content (AvgIpc) is 3.30. The van der Waals surface area contributed by atoms with E-state index in [0.29, 0.717) is 18.0 Å². The van der Waals surface area contributed by atoms with Crippen molar-refractivity contribution in [3.8, 4) is 11.1 Å². The van der Waals surface area contributed by atoms with Crippen LogP contribution in [0.2, 0.25) is 0 Å². The molecular weight excluding hydrogens is 459 g/mol. The Morgan fingerprint density at radius 3 is 2.62 bits per heavy atom. The molecule has 1 aromatic carbocycles. The van der Waals surface area contributed by atoms with Crippen LogP contribution in [0, 0.1) is 12.7 Å². The van der Waals surface area contributed by atoms with Crippen LogP contribution in [0.1, 0.15) is 48.4 Å². The zero-order valence-corrected chi connectivity index (χ0v) is 20.6. The number of carbonyl (C=O) groups is 1. The van der Waals surface area contributed by atoms with Gasteiger partial charge in [-0.3, -0.25) is 9.78 Å². The minimum absolute atomic E-state index is 0. The van der Waals surface area contributed by atoms with Gasteiger partial charge in [0.15, 0.2) is 5.82 Å². The summed E-state index contributed by atoms with van der Waals surface area (Å²) >= 11 is 0. The molecule has 0 atom stereocenters. The zero-order chi connectivity index (χ0) is 23.6. The largest absolute Gasteiger partial charge is 0.367 e. The third-order valence-electron chi connectivity index (χ3n) is 5.68. The van der Waals surface area contributed by atoms with Crippen molar-refractivity contribution >= 4 is 24.0 Å². The lowest BCUT2D eigenvalue weighted by Crippen LogP contribution is -2.43. The minimum atomic E-state index is -0.404. The number of hydrogen-bond acceptors (Lipinski definition) is 7. The third kappa shape index (κ3) is 5.53. The number of aromatic nitrogens is 3. The van der Waals surface area contributed by atoms with E-state index in [0.717, 1.165) is 48.6 Å². The van der Waals surface area contributed by atoms with Gasteiger partial charge in [0, 0.05) is 43.7 Å². The van der Waals surface area contributed by atoms with Crippen molar-refractivity contribution in [2.45, 2.75) is 39.7 Å². The summed E-state index contributed by atoms with van der Waals surface area (Å²) in [6.45, 7) is 11.4. The van der Waals surface area contributed by atoms with Crippen molar-refractivity contribution in [3.05, 3.63) is 59.3 Å². The summed E-state index contributed by atoms with van der Waals surface area (Å²) in [4.78, 5) is 22.9. The molecule has 1 aliphatic heterocycles. The molecule has 4 rings (SSSR count). The van der Waals surface area contributed by atoms with E-state index in [-0.39, 0.29) is 29.5 Å². The second kappa shape index (κ2) is 10.5. The molecule has 3 aromatic rings. The summed E-state index contributed by atoms with van der Waals surface area (Å²) < 4.78 is 20.1. The molecule has 0 spiro atoms. The Labute approximate surface area is 204 Å². The van der Waals surface area contributed by atoms with Crippen molar-refractivity contribution < 1.29 is 13.7 Å². The quantitative estimate of drug-likeness (QED) is 0.566. The highest BCUT2D eigenvalue weighted by molar-refractivity contribution is 5.90. The number of nitrogens with one attached hydrogen (secondary N) is 2. The fourth-order valence-electron chi connectivity index (χ4n) is 3.78. The topological polar surface area (TPSA) is 96.2 Å². The first-order chi connectivity index (χ1) is 15.7. The van der Waals surface area contributed by atoms with Gasteiger partial charge in [-0.15, -0.1) is 12.4 Å². The van der Waals surface area contributed by atoms with E-state index in [4.69, 9.17) is 4.52 Å². The highest BCUT2D eigenvalue weighted by Crippen LogP contribution is 2.34. The molecule has 0 aliphatic carbocycles. The predicted octanol–water partition coefficient (Wildman–Crippen LogP) is 3.64. The van der Waals surface area contributed by atoms with E-state index in [1.54, 1.807) is 6.20 Å². The third-order valence-corrected chi connectivity index (χ3v) is 5.68. The Morgan fingerprint density at radius 2 is 1.97 bits per heavy atom. The van der Waals surface area contributed by atoms with E-state index in [1.165, 1.54) is 6.20 Å². The van der Waals surface area contributed by atoms with Crippen molar-refractivity contribution in [2.75, 3.05) is 31.1 Å². The van der Waals surface area contributed by atoms with Crippen LogP contribution in [0.5, 0.6) is 0 Å². The molecule has 0 saturated carbocycles. The summed E-state index contributed by atoms with van der Waals surface area (Å²) in [5.41, 5.74) is 3.66. The Morgan fingerprint density at radius 1 is 1.24 bits per heavy atom. The maximum Gasteiger partial charge on any atom is 0.292 e. The van der Waals surface area contributed by atoms with E-state index in [9.17, 15) is 9.18 Å². The SMILES string of the molecule is Cc1cc(-c2c(F)cncc2N2CCNCC2)ccc1CNC(=O)c1noc(C(C)(C)C)n1.Cl. The van der Waals surface area contributed by atoms with Crippen LogP contribution in [0.25, 0.3) is 11.1 Å². The number of rotatable bonds is 5. The van der Waals surface area contributed by atoms with Crippen LogP contribution >= 0.6 is 12.4 Å². The van der Waals surface area contributed by atoms with Gasteiger partial charge in [0.05, 0.1) is 18.1 Å². The molecule has 182 valence electrons. The predicted molar refractivity (Wildman–Crippen MR) is 131 cm³/mol. The number of hydrogen-bond donors (Lipinski definition) is 2. The molecule has 1 fully saturated rings. The van der Waals surface area contributed by atoms with Gasteiger partial charge in [0.1, 0.15) is 0 Å². The molecule has 1 aliphatic rings. The van der Waals surface area contributed by atoms with E-state index in [2.05, 4.69) is 30.7 Å². The normalized spacial score (nSPS) is 14.0. The first-order valence-electron chi connectivity index (χ1n) is 11.1. The molecule has 1 amide bonds. The number of halogens is 2. The second-order valence-electron chi connectivity index (χ2n) is 9.25. The van der Waals surface area contributed by atoms with Crippen LogP contribution in [-0.2, 0) is 12.0 Å². The number of nitrogens with zero attached hydrogens (tertiary/aromatic N) is 4. The van der Waals surface area contributed by atoms with Gasteiger partial charge < -0.3 is 20.1 Å². The van der Waals surface area contributed by atoms with E-state index in [1.807, 2.05) is 45.9 Å². The van der Waals surface area contributed by atoms with Gasteiger partial charge in [-0.25, -0.2) is 4.39 Å². The number of amides is 1. The lowest BCUT2D eigenvalue weighted by molar-refractivity contribution is 0.0937. The van der Waals surface area contributed by atoms with Crippen LogP contribution in [0.3, 0.4) is 0 Å². The molecule has 0 unspecified atom stereocenters. The number of piperazine rings is 1. The highest BCUT2D eigenvalue weighted by atomic mass is 35.5. The van der Waals surface area contributed by atoms with E-state index < -0.39 is 5.91 Å². The molecule has 2 aromatic heterocycles. The molecule has 1 saturated heterocycles. The van der Waals surface area contributed by atoms with Gasteiger partial charge in [0.2, 0.25) is 5.89 Å². The highest BCUT2D eigenvalue weighted by Gasteiger charge is 2.24. The smallest absolute Gasteiger partial charge is 0.292 e. The van der Waals surface area contributed by atoms with Gasteiger partial charge in [-0.2, -0.15) is 4.98 Å². The average molecular weight is 489 g/mol. The number of carbonyl (C=O) groups excluding carboxylic acids is 1. The molecule has 0 bridgehead atoms. The van der Waals surface area contributed by atoms with Crippen LogP contribution < -0.4 is 15.5 Å². The summed E-state index contributed by atoms with van der Waals surface area (Å²) in [6, 6.07) is 5.73. The number of pyridine rings is 1. The first-order valence-corrected chi connectivity index (χ1v) is 11.1. The van der Waals surface area contributed by atoms with Crippen molar-refractivity contribution in [2.24, 2.45) is 0 Å². The first kappa shape index (κ1) is 25.6. The van der Waals surface area contributed by atoms with Gasteiger partial charge in [-0.05, 0) is 23.6 Å². The van der Waals surface area contributed by atoms with Crippen LogP contribution in [0.4, 0.5) is 10.1 Å². The van der Waals surface area contributed by atoms with Crippen molar-refractivity contribution in [3.63, 3.8) is 0 Å². The Balaban J connectivity index is 0.00000324. The Hall–Kier alpha value is -3.04. The fourth-order valence-corrected chi connectivity index (χ4v) is 3.78. The summed E-state index contributed by atoms with van der Waals surface area (Å²) in [7, 11) is 0. The molecule has 8 nitrogen and oxygen atoms in total. The standard InChI is InChI=1S/C24H29FN6O2.ClH/c1-15-11-16(20-18(25)13-27-14-19(20)31-9-7-26-8-10-31)5-6-17(15)12-28-22(32)21-29-23(33-30-21)24(2,3)4;/h5-6,11,13-14,26H,7-10,12H2,1-4H3,(H,28,32);1H. The number of anilines is 1. The lowest BCUT2D eigenvalue weighted by Gasteiger charge is -2.31. The lowest BCUT2D eigenvalue weighted by atomic mass is 9.97. The molecule has 3 heterocycles. The van der Waals surface area contributed by atoms with Crippen LogP contribution in [0.15, 0.2) is 35.1 Å². The maximum absolute atomic E-state index is 14.9. The second-order valence-corrected chi connectivity index (χ2v) is 9.25. The summed E-state index contributed by atoms with van der Waals surface area (Å²) in [5, 5.41) is 9.92. The minimum Gasteiger partial charge on any atom is -0.367 e. The maximum atomic E-state index is 14.9.